The highest BCUT2D eigenvalue weighted by atomic mass is 16.1. The van der Waals surface area contributed by atoms with Crippen LogP contribution < -0.4 is 5.32 Å². The zero-order valence-corrected chi connectivity index (χ0v) is 11.0. The molecular weight excluding hydrogens is 200 g/mol. The molecule has 94 valence electrons. The molecule has 3 nitrogen and oxygen atoms in total. The summed E-state index contributed by atoms with van der Waals surface area (Å²) in [6.45, 7) is 3.30. The van der Waals surface area contributed by atoms with E-state index in [1.54, 1.807) is 0 Å². The molecule has 3 heteroatoms. The maximum absolute atomic E-state index is 11.6. The van der Waals surface area contributed by atoms with Crippen molar-refractivity contribution in [2.45, 2.75) is 51.5 Å². The van der Waals surface area contributed by atoms with Gasteiger partial charge in [0.05, 0.1) is 0 Å². The van der Waals surface area contributed by atoms with Gasteiger partial charge in [-0.1, -0.05) is 6.92 Å². The fourth-order valence-corrected chi connectivity index (χ4v) is 2.26. The van der Waals surface area contributed by atoms with E-state index in [2.05, 4.69) is 17.1 Å². The summed E-state index contributed by atoms with van der Waals surface area (Å²) in [5.74, 6) is 1.09. The maximum Gasteiger partial charge on any atom is 0.220 e. The lowest BCUT2D eigenvalue weighted by Gasteiger charge is -2.27. The van der Waals surface area contributed by atoms with Crippen molar-refractivity contribution >= 4 is 5.91 Å². The van der Waals surface area contributed by atoms with Crippen LogP contribution in [-0.2, 0) is 4.79 Å². The highest BCUT2D eigenvalue weighted by Crippen LogP contribution is 2.23. The van der Waals surface area contributed by atoms with Crippen LogP contribution in [0.15, 0.2) is 0 Å². The average Bonchev–Trinajstić information content (AvgIpc) is 2.21. The Morgan fingerprint density at radius 1 is 1.25 bits per heavy atom. The number of hydrogen-bond donors (Lipinski definition) is 1. The van der Waals surface area contributed by atoms with E-state index in [1.165, 1.54) is 25.7 Å². The predicted molar refractivity (Wildman–Crippen MR) is 67.4 cm³/mol. The summed E-state index contributed by atoms with van der Waals surface area (Å²) in [6, 6.07) is 0.447. The first-order valence-electron chi connectivity index (χ1n) is 6.52. The van der Waals surface area contributed by atoms with E-state index in [1.807, 2.05) is 14.1 Å². The lowest BCUT2D eigenvalue weighted by molar-refractivity contribution is -0.122. The van der Waals surface area contributed by atoms with Gasteiger partial charge < -0.3 is 10.2 Å². The van der Waals surface area contributed by atoms with Gasteiger partial charge in [0, 0.05) is 12.5 Å². The van der Waals surface area contributed by atoms with Gasteiger partial charge in [-0.3, -0.25) is 4.79 Å². The lowest BCUT2D eigenvalue weighted by atomic mass is 9.87. The van der Waals surface area contributed by atoms with Gasteiger partial charge in [0.15, 0.2) is 0 Å². The summed E-state index contributed by atoms with van der Waals surface area (Å²) in [5, 5.41) is 3.16. The van der Waals surface area contributed by atoms with E-state index in [9.17, 15) is 4.79 Å². The zero-order valence-electron chi connectivity index (χ0n) is 11.0. The van der Waals surface area contributed by atoms with Crippen molar-refractivity contribution < 1.29 is 4.79 Å². The number of amides is 1. The van der Waals surface area contributed by atoms with E-state index < -0.39 is 0 Å². The van der Waals surface area contributed by atoms with E-state index >= 15 is 0 Å². The van der Waals surface area contributed by atoms with Gasteiger partial charge in [-0.05, 0) is 58.7 Å². The summed E-state index contributed by atoms with van der Waals surface area (Å²) in [7, 11) is 4.08. The number of nitrogens with zero attached hydrogens (tertiary/aromatic N) is 1. The van der Waals surface area contributed by atoms with Crippen LogP contribution in [0, 0.1) is 5.92 Å². The first-order valence-corrected chi connectivity index (χ1v) is 6.52. The van der Waals surface area contributed by atoms with Crippen molar-refractivity contribution in [1.82, 2.24) is 10.2 Å². The second-order valence-electron chi connectivity index (χ2n) is 5.43. The van der Waals surface area contributed by atoms with Gasteiger partial charge in [0.2, 0.25) is 5.91 Å². The third-order valence-corrected chi connectivity index (χ3v) is 3.39. The molecule has 1 aliphatic rings. The normalized spacial score (nSPS) is 25.8. The Labute approximate surface area is 99.6 Å². The van der Waals surface area contributed by atoms with Gasteiger partial charge in [0.1, 0.15) is 0 Å². The molecular formula is C13H26N2O. The summed E-state index contributed by atoms with van der Waals surface area (Å²) >= 11 is 0. The Morgan fingerprint density at radius 3 is 2.44 bits per heavy atom. The average molecular weight is 226 g/mol. The molecule has 16 heavy (non-hydrogen) atoms. The van der Waals surface area contributed by atoms with Crippen molar-refractivity contribution in [3.63, 3.8) is 0 Å². The fourth-order valence-electron chi connectivity index (χ4n) is 2.26. The number of hydrogen-bond acceptors (Lipinski definition) is 2. The first kappa shape index (κ1) is 13.5. The second kappa shape index (κ2) is 6.89. The summed E-state index contributed by atoms with van der Waals surface area (Å²) in [6.07, 6.45) is 6.50. The minimum Gasteiger partial charge on any atom is -0.353 e. The third-order valence-electron chi connectivity index (χ3n) is 3.39. The monoisotopic (exact) mass is 226 g/mol. The minimum atomic E-state index is 0.237. The molecule has 0 spiro atoms. The molecule has 0 unspecified atom stereocenters. The summed E-state index contributed by atoms with van der Waals surface area (Å²) < 4.78 is 0. The van der Waals surface area contributed by atoms with Crippen molar-refractivity contribution in [2.75, 3.05) is 20.6 Å². The van der Waals surface area contributed by atoms with Crippen molar-refractivity contribution in [3.05, 3.63) is 0 Å². The van der Waals surface area contributed by atoms with E-state index in [0.29, 0.717) is 12.5 Å². The number of rotatable bonds is 5. The lowest BCUT2D eigenvalue weighted by Crippen LogP contribution is -2.37. The fraction of sp³-hybridized carbons (Fsp3) is 0.923. The molecule has 1 fully saturated rings. The van der Waals surface area contributed by atoms with Crippen LogP contribution in [0.1, 0.15) is 45.4 Å². The largest absolute Gasteiger partial charge is 0.353 e. The predicted octanol–water partition coefficient (Wildman–Crippen LogP) is 2.02. The molecule has 0 aliphatic heterocycles. The standard InChI is InChI=1S/C13H26N2O/c1-11-6-8-12(9-7-11)14-13(16)5-4-10-15(2)3/h11-12H,4-10H2,1-3H3,(H,14,16). The Kier molecular flexibility index (Phi) is 5.81. The van der Waals surface area contributed by atoms with Crippen LogP contribution in [0.2, 0.25) is 0 Å². The topological polar surface area (TPSA) is 32.3 Å². The number of carbonyl (C=O) groups excluding carboxylic acids is 1. The molecule has 0 aromatic heterocycles. The third kappa shape index (κ3) is 5.50. The van der Waals surface area contributed by atoms with E-state index in [0.717, 1.165) is 18.9 Å². The van der Waals surface area contributed by atoms with Crippen molar-refractivity contribution in [2.24, 2.45) is 5.92 Å². The van der Waals surface area contributed by atoms with E-state index in [4.69, 9.17) is 0 Å². The highest BCUT2D eigenvalue weighted by Gasteiger charge is 2.19. The van der Waals surface area contributed by atoms with Crippen LogP contribution in [-0.4, -0.2) is 37.5 Å². The van der Waals surface area contributed by atoms with Crippen LogP contribution in [0.3, 0.4) is 0 Å². The number of nitrogens with one attached hydrogen (secondary N) is 1. The second-order valence-corrected chi connectivity index (χ2v) is 5.43. The molecule has 1 saturated carbocycles. The maximum atomic E-state index is 11.6. The minimum absolute atomic E-state index is 0.237. The van der Waals surface area contributed by atoms with Crippen LogP contribution in [0.5, 0.6) is 0 Å². The number of carbonyl (C=O) groups is 1. The molecule has 0 aromatic carbocycles. The molecule has 1 aliphatic carbocycles. The highest BCUT2D eigenvalue weighted by molar-refractivity contribution is 5.76. The molecule has 1 rings (SSSR count). The zero-order chi connectivity index (χ0) is 12.0. The van der Waals surface area contributed by atoms with Gasteiger partial charge in [-0.15, -0.1) is 0 Å². The van der Waals surface area contributed by atoms with Crippen LogP contribution in [0.4, 0.5) is 0 Å². The molecule has 0 atom stereocenters. The quantitative estimate of drug-likeness (QED) is 0.778. The van der Waals surface area contributed by atoms with Crippen LogP contribution in [0.25, 0.3) is 0 Å². The van der Waals surface area contributed by atoms with Gasteiger partial charge in [0.25, 0.3) is 0 Å². The molecule has 1 N–H and O–H groups in total. The van der Waals surface area contributed by atoms with E-state index in [-0.39, 0.29) is 5.91 Å². The SMILES string of the molecule is CC1CCC(NC(=O)CCCN(C)C)CC1. The summed E-state index contributed by atoms with van der Waals surface area (Å²) in [5.41, 5.74) is 0. The van der Waals surface area contributed by atoms with Crippen LogP contribution >= 0.6 is 0 Å². The summed E-state index contributed by atoms with van der Waals surface area (Å²) in [4.78, 5) is 13.8. The van der Waals surface area contributed by atoms with Crippen molar-refractivity contribution in [3.8, 4) is 0 Å². The first-order chi connectivity index (χ1) is 7.58. The Hall–Kier alpha value is -0.570. The Bertz CT molecular complexity index is 208. The van der Waals surface area contributed by atoms with Gasteiger partial charge >= 0.3 is 0 Å². The Balaban J connectivity index is 2.09. The molecule has 0 bridgehead atoms. The van der Waals surface area contributed by atoms with Crippen molar-refractivity contribution in [1.29, 1.82) is 0 Å². The molecule has 0 radical (unpaired) electrons. The smallest absolute Gasteiger partial charge is 0.220 e. The van der Waals surface area contributed by atoms with Gasteiger partial charge in [-0.2, -0.15) is 0 Å². The molecule has 1 amide bonds. The van der Waals surface area contributed by atoms with Gasteiger partial charge in [-0.25, -0.2) is 0 Å². The molecule has 0 heterocycles. The molecule has 0 aromatic rings. The molecule has 0 saturated heterocycles. The Morgan fingerprint density at radius 2 is 1.88 bits per heavy atom.